The third-order valence-corrected chi connectivity index (χ3v) is 8.03. The van der Waals surface area contributed by atoms with Gasteiger partial charge in [0.2, 0.25) is 5.91 Å². The summed E-state index contributed by atoms with van der Waals surface area (Å²) in [5.41, 5.74) is 0.765. The van der Waals surface area contributed by atoms with Gasteiger partial charge >= 0.3 is 0 Å². The highest BCUT2D eigenvalue weighted by atomic mass is 32.2. The number of piperidine rings is 1. The van der Waals surface area contributed by atoms with Crippen LogP contribution in [-0.2, 0) is 21.2 Å². The van der Waals surface area contributed by atoms with Gasteiger partial charge in [0, 0.05) is 18.6 Å². The Hall–Kier alpha value is -1.70. The van der Waals surface area contributed by atoms with Gasteiger partial charge in [0.15, 0.2) is 0 Å². The fourth-order valence-corrected chi connectivity index (χ4v) is 6.17. The molecule has 1 saturated heterocycles. The minimum atomic E-state index is -3.51. The first-order chi connectivity index (χ1) is 12.8. The van der Waals surface area contributed by atoms with E-state index in [0.717, 1.165) is 12.0 Å². The number of amides is 1. The van der Waals surface area contributed by atoms with Crippen LogP contribution in [0.3, 0.4) is 0 Å². The molecule has 1 aromatic heterocycles. The molecule has 7 heteroatoms. The van der Waals surface area contributed by atoms with Gasteiger partial charge in [-0.25, -0.2) is 8.42 Å². The minimum absolute atomic E-state index is 0.0676. The molecule has 1 amide bonds. The van der Waals surface area contributed by atoms with Crippen LogP contribution in [0.1, 0.15) is 32.3 Å². The van der Waals surface area contributed by atoms with Crippen LogP contribution in [0.2, 0.25) is 0 Å². The standard InChI is InChI=1S/C20H26N2O3S2/c1-20(2,14-16-8-4-3-5-9-16)21-19(23)17-10-6-12-22(15-17)27(24,25)18-11-7-13-26-18/h3-5,7-9,11,13,17H,6,10,12,14-15H2,1-2H3,(H,21,23). The van der Waals surface area contributed by atoms with Crippen LogP contribution in [0, 0.1) is 5.92 Å². The van der Waals surface area contributed by atoms with Crippen LogP contribution in [0.15, 0.2) is 52.1 Å². The number of hydrogen-bond acceptors (Lipinski definition) is 4. The molecule has 0 radical (unpaired) electrons. The number of sulfonamides is 1. The van der Waals surface area contributed by atoms with Crippen molar-refractivity contribution in [2.45, 2.75) is 42.9 Å². The van der Waals surface area contributed by atoms with E-state index in [0.29, 0.717) is 23.6 Å². The maximum atomic E-state index is 12.8. The largest absolute Gasteiger partial charge is 0.351 e. The van der Waals surface area contributed by atoms with Gasteiger partial charge < -0.3 is 5.32 Å². The SMILES string of the molecule is CC(C)(Cc1ccccc1)NC(=O)C1CCCN(S(=O)(=O)c2cccs2)C1. The van der Waals surface area contributed by atoms with E-state index in [1.807, 2.05) is 44.2 Å². The van der Waals surface area contributed by atoms with Crippen molar-refractivity contribution >= 4 is 27.3 Å². The molecule has 1 atom stereocenters. The van der Waals surface area contributed by atoms with Crippen molar-refractivity contribution in [1.82, 2.24) is 9.62 Å². The summed E-state index contributed by atoms with van der Waals surface area (Å²) in [6.45, 7) is 4.71. The van der Waals surface area contributed by atoms with E-state index in [2.05, 4.69) is 5.32 Å². The van der Waals surface area contributed by atoms with E-state index < -0.39 is 15.6 Å². The molecule has 2 heterocycles. The lowest BCUT2D eigenvalue weighted by molar-refractivity contribution is -0.127. The fraction of sp³-hybridized carbons (Fsp3) is 0.450. The predicted octanol–water partition coefficient (Wildman–Crippen LogP) is 3.29. The summed E-state index contributed by atoms with van der Waals surface area (Å²) >= 11 is 1.21. The molecule has 3 rings (SSSR count). The van der Waals surface area contributed by atoms with Crippen LogP contribution in [0.4, 0.5) is 0 Å². The van der Waals surface area contributed by atoms with Gasteiger partial charge in [0.25, 0.3) is 10.0 Å². The Morgan fingerprint density at radius 2 is 1.96 bits per heavy atom. The monoisotopic (exact) mass is 406 g/mol. The highest BCUT2D eigenvalue weighted by molar-refractivity contribution is 7.91. The lowest BCUT2D eigenvalue weighted by Gasteiger charge is -2.34. The Labute approximate surface area is 165 Å². The molecule has 0 saturated carbocycles. The number of nitrogens with one attached hydrogen (secondary N) is 1. The lowest BCUT2D eigenvalue weighted by Crippen LogP contribution is -2.51. The molecule has 1 unspecified atom stereocenters. The van der Waals surface area contributed by atoms with Gasteiger partial charge in [-0.3, -0.25) is 4.79 Å². The molecule has 1 aliphatic rings. The highest BCUT2D eigenvalue weighted by Crippen LogP contribution is 2.27. The number of benzene rings is 1. The Morgan fingerprint density at radius 1 is 1.22 bits per heavy atom. The topological polar surface area (TPSA) is 66.5 Å². The molecule has 27 heavy (non-hydrogen) atoms. The van der Waals surface area contributed by atoms with Crippen LogP contribution in [0.25, 0.3) is 0 Å². The molecule has 0 aliphatic carbocycles. The van der Waals surface area contributed by atoms with E-state index in [9.17, 15) is 13.2 Å². The van der Waals surface area contributed by atoms with E-state index in [1.54, 1.807) is 17.5 Å². The quantitative estimate of drug-likeness (QED) is 0.801. The predicted molar refractivity (Wildman–Crippen MR) is 108 cm³/mol. The number of nitrogens with zero attached hydrogens (tertiary/aromatic N) is 1. The molecular formula is C20H26N2O3S2. The summed E-state index contributed by atoms with van der Waals surface area (Å²) < 4.78 is 27.3. The summed E-state index contributed by atoms with van der Waals surface area (Å²) in [5, 5.41) is 4.88. The molecule has 0 spiro atoms. The highest BCUT2D eigenvalue weighted by Gasteiger charge is 2.35. The van der Waals surface area contributed by atoms with Gasteiger partial charge in [-0.2, -0.15) is 4.31 Å². The molecule has 5 nitrogen and oxygen atoms in total. The van der Waals surface area contributed by atoms with Gasteiger partial charge in [-0.15, -0.1) is 11.3 Å². The Bertz CT molecular complexity index is 862. The molecule has 1 aromatic carbocycles. The Morgan fingerprint density at radius 3 is 2.63 bits per heavy atom. The van der Waals surface area contributed by atoms with Crippen molar-refractivity contribution in [1.29, 1.82) is 0 Å². The summed E-state index contributed by atoms with van der Waals surface area (Å²) in [7, 11) is -3.51. The molecule has 2 aromatic rings. The van der Waals surface area contributed by atoms with Crippen molar-refractivity contribution in [3.05, 3.63) is 53.4 Å². The molecule has 1 N–H and O–H groups in total. The smallest absolute Gasteiger partial charge is 0.252 e. The van der Waals surface area contributed by atoms with Gasteiger partial charge in [-0.1, -0.05) is 36.4 Å². The van der Waals surface area contributed by atoms with Crippen LogP contribution >= 0.6 is 11.3 Å². The van der Waals surface area contributed by atoms with Gasteiger partial charge in [0.05, 0.1) is 5.92 Å². The third-order valence-electron chi connectivity index (χ3n) is 4.79. The fourth-order valence-electron chi connectivity index (χ4n) is 3.50. The van der Waals surface area contributed by atoms with E-state index in [-0.39, 0.29) is 18.4 Å². The molecular weight excluding hydrogens is 380 g/mol. The van der Waals surface area contributed by atoms with Crippen molar-refractivity contribution in [3.8, 4) is 0 Å². The van der Waals surface area contributed by atoms with Crippen LogP contribution in [-0.4, -0.2) is 37.3 Å². The summed E-state index contributed by atoms with van der Waals surface area (Å²) in [4.78, 5) is 12.8. The summed E-state index contributed by atoms with van der Waals surface area (Å²) in [6.07, 6.45) is 2.13. The molecule has 146 valence electrons. The molecule has 1 fully saturated rings. The second kappa shape index (κ2) is 8.12. The zero-order valence-corrected chi connectivity index (χ0v) is 17.4. The number of thiophene rings is 1. The van der Waals surface area contributed by atoms with E-state index in [1.165, 1.54) is 15.6 Å². The van der Waals surface area contributed by atoms with Crippen LogP contribution < -0.4 is 5.32 Å². The molecule has 1 aliphatic heterocycles. The van der Waals surface area contributed by atoms with Crippen molar-refractivity contribution in [2.75, 3.05) is 13.1 Å². The van der Waals surface area contributed by atoms with Gasteiger partial charge in [-0.05, 0) is 50.1 Å². The number of hydrogen-bond donors (Lipinski definition) is 1. The average molecular weight is 407 g/mol. The van der Waals surface area contributed by atoms with Crippen molar-refractivity contribution < 1.29 is 13.2 Å². The second-order valence-corrected chi connectivity index (χ2v) is 10.8. The first-order valence-electron chi connectivity index (χ1n) is 9.17. The third kappa shape index (κ3) is 4.97. The Kier molecular flexibility index (Phi) is 6.03. The van der Waals surface area contributed by atoms with E-state index in [4.69, 9.17) is 0 Å². The van der Waals surface area contributed by atoms with Gasteiger partial charge in [0.1, 0.15) is 4.21 Å². The summed E-state index contributed by atoms with van der Waals surface area (Å²) in [5.74, 6) is -0.384. The lowest BCUT2D eigenvalue weighted by atomic mass is 9.92. The first kappa shape index (κ1) is 20.0. The normalized spacial score (nSPS) is 19.0. The zero-order valence-electron chi connectivity index (χ0n) is 15.7. The van der Waals surface area contributed by atoms with Crippen molar-refractivity contribution in [2.24, 2.45) is 5.92 Å². The number of rotatable bonds is 6. The first-order valence-corrected chi connectivity index (χ1v) is 11.5. The second-order valence-electron chi connectivity index (χ2n) is 7.67. The maximum absolute atomic E-state index is 12.8. The number of carbonyl (C=O) groups excluding carboxylic acids is 1. The summed E-state index contributed by atoms with van der Waals surface area (Å²) in [6, 6.07) is 13.4. The van der Waals surface area contributed by atoms with E-state index >= 15 is 0 Å². The number of carbonyl (C=O) groups is 1. The minimum Gasteiger partial charge on any atom is -0.351 e. The molecule has 0 bridgehead atoms. The zero-order chi connectivity index (χ0) is 19.5. The Balaban J connectivity index is 1.64. The van der Waals surface area contributed by atoms with Crippen molar-refractivity contribution in [3.63, 3.8) is 0 Å². The average Bonchev–Trinajstić information content (AvgIpc) is 3.17. The van der Waals surface area contributed by atoms with Crippen LogP contribution in [0.5, 0.6) is 0 Å². The maximum Gasteiger partial charge on any atom is 0.252 e.